The number of methoxy groups -OCH3 is 1. The lowest BCUT2D eigenvalue weighted by Gasteiger charge is -2.20. The van der Waals surface area contributed by atoms with Crippen LogP contribution in [0.4, 0.5) is 0 Å². The van der Waals surface area contributed by atoms with Crippen LogP contribution in [-0.2, 0) is 11.3 Å². The highest BCUT2D eigenvalue weighted by Gasteiger charge is 2.40. The summed E-state index contributed by atoms with van der Waals surface area (Å²) in [5.41, 5.74) is 1.10. The van der Waals surface area contributed by atoms with Crippen LogP contribution in [0, 0.1) is 0 Å². The Hall–Kier alpha value is -0.770. The third kappa shape index (κ3) is 2.35. The van der Waals surface area contributed by atoms with Crippen LogP contribution in [0.2, 0.25) is 5.02 Å². The summed E-state index contributed by atoms with van der Waals surface area (Å²) in [4.78, 5) is 0. The third-order valence-corrected chi connectivity index (χ3v) is 4.14. The molecule has 3 unspecified atom stereocenters. The van der Waals surface area contributed by atoms with Gasteiger partial charge >= 0.3 is 0 Å². The van der Waals surface area contributed by atoms with Crippen LogP contribution < -0.4 is 10.1 Å². The van der Waals surface area contributed by atoms with E-state index in [-0.39, 0.29) is 0 Å². The van der Waals surface area contributed by atoms with Crippen LogP contribution in [0.25, 0.3) is 0 Å². The van der Waals surface area contributed by atoms with Crippen LogP contribution in [-0.4, -0.2) is 25.4 Å². The number of hydrogen-bond acceptors (Lipinski definition) is 3. The Morgan fingerprint density at radius 3 is 3.00 bits per heavy atom. The number of benzene rings is 1. The summed E-state index contributed by atoms with van der Waals surface area (Å²) in [6.07, 6.45) is 4.43. The Labute approximate surface area is 112 Å². The van der Waals surface area contributed by atoms with E-state index in [1.807, 2.05) is 18.2 Å². The first-order valence-electron chi connectivity index (χ1n) is 6.47. The first-order chi connectivity index (χ1) is 8.76. The molecule has 0 radical (unpaired) electrons. The van der Waals surface area contributed by atoms with E-state index >= 15 is 0 Å². The average molecular weight is 268 g/mol. The largest absolute Gasteiger partial charge is 0.496 e. The highest BCUT2D eigenvalue weighted by Crippen LogP contribution is 2.34. The molecule has 1 N–H and O–H groups in total. The van der Waals surface area contributed by atoms with Crippen molar-refractivity contribution >= 4 is 11.6 Å². The lowest BCUT2D eigenvalue weighted by atomic mass is 9.95. The van der Waals surface area contributed by atoms with E-state index in [1.54, 1.807) is 7.11 Å². The fourth-order valence-corrected chi connectivity index (χ4v) is 3.17. The van der Waals surface area contributed by atoms with E-state index in [1.165, 1.54) is 12.8 Å². The van der Waals surface area contributed by atoms with Crippen molar-refractivity contribution < 1.29 is 9.47 Å². The number of halogens is 1. The van der Waals surface area contributed by atoms with Crippen LogP contribution >= 0.6 is 11.6 Å². The first kappa shape index (κ1) is 12.3. The maximum Gasteiger partial charge on any atom is 0.123 e. The summed E-state index contributed by atoms with van der Waals surface area (Å²) in [5.74, 6) is 0.885. The van der Waals surface area contributed by atoms with E-state index in [0.717, 1.165) is 29.3 Å². The summed E-state index contributed by atoms with van der Waals surface area (Å²) in [5, 5.41) is 4.31. The molecule has 2 heterocycles. The molecule has 2 bridgehead atoms. The van der Waals surface area contributed by atoms with Crippen molar-refractivity contribution in [1.29, 1.82) is 0 Å². The summed E-state index contributed by atoms with van der Waals surface area (Å²) in [6, 6.07) is 6.20. The standard InChI is InChI=1S/C14H18ClNO2/c1-17-13-4-2-10(15)6-9(13)8-16-12-7-11-3-5-14(12)18-11/h2,4,6,11-12,14,16H,3,5,7-8H2,1H3. The lowest BCUT2D eigenvalue weighted by Crippen LogP contribution is -2.37. The van der Waals surface area contributed by atoms with Crippen LogP contribution in [0.15, 0.2) is 18.2 Å². The molecule has 1 aromatic rings. The van der Waals surface area contributed by atoms with Crippen molar-refractivity contribution in [2.24, 2.45) is 0 Å². The maximum absolute atomic E-state index is 6.02. The molecule has 3 rings (SSSR count). The van der Waals surface area contributed by atoms with Gasteiger partial charge in [-0.1, -0.05) is 11.6 Å². The van der Waals surface area contributed by atoms with Gasteiger partial charge in [0, 0.05) is 23.2 Å². The Morgan fingerprint density at radius 1 is 1.44 bits per heavy atom. The van der Waals surface area contributed by atoms with Crippen LogP contribution in [0.5, 0.6) is 5.75 Å². The number of fused-ring (bicyclic) bond motifs is 2. The van der Waals surface area contributed by atoms with Gasteiger partial charge in [-0.25, -0.2) is 0 Å². The quantitative estimate of drug-likeness (QED) is 0.910. The zero-order chi connectivity index (χ0) is 12.5. The van der Waals surface area contributed by atoms with Gasteiger partial charge in [-0.2, -0.15) is 0 Å². The molecule has 2 fully saturated rings. The summed E-state index contributed by atoms with van der Waals surface area (Å²) in [6.45, 7) is 0.779. The zero-order valence-electron chi connectivity index (χ0n) is 10.5. The second-order valence-corrected chi connectivity index (χ2v) is 5.49. The smallest absolute Gasteiger partial charge is 0.123 e. The fourth-order valence-electron chi connectivity index (χ4n) is 2.98. The van der Waals surface area contributed by atoms with E-state index in [4.69, 9.17) is 21.1 Å². The van der Waals surface area contributed by atoms with Gasteiger partial charge in [-0.05, 0) is 37.5 Å². The van der Waals surface area contributed by atoms with Crippen LogP contribution in [0.3, 0.4) is 0 Å². The molecule has 3 atom stereocenters. The maximum atomic E-state index is 6.02. The van der Waals surface area contributed by atoms with Gasteiger partial charge < -0.3 is 14.8 Å². The van der Waals surface area contributed by atoms with E-state index < -0.39 is 0 Å². The second-order valence-electron chi connectivity index (χ2n) is 5.05. The van der Waals surface area contributed by atoms with Crippen molar-refractivity contribution in [2.45, 2.75) is 44.1 Å². The average Bonchev–Trinajstić information content (AvgIpc) is 2.98. The van der Waals surface area contributed by atoms with Crippen LogP contribution in [0.1, 0.15) is 24.8 Å². The molecule has 2 aliphatic rings. The molecule has 1 aromatic carbocycles. The zero-order valence-corrected chi connectivity index (χ0v) is 11.2. The molecule has 2 saturated heterocycles. The number of nitrogens with one attached hydrogen (secondary N) is 1. The molecule has 0 spiro atoms. The summed E-state index contributed by atoms with van der Waals surface area (Å²) >= 11 is 6.02. The van der Waals surface area contributed by atoms with Gasteiger partial charge in [0.05, 0.1) is 19.3 Å². The van der Waals surface area contributed by atoms with Gasteiger partial charge in [-0.3, -0.25) is 0 Å². The molecule has 4 heteroatoms. The van der Waals surface area contributed by atoms with Crippen molar-refractivity contribution in [2.75, 3.05) is 7.11 Å². The number of rotatable bonds is 4. The van der Waals surface area contributed by atoms with Crippen molar-refractivity contribution in [1.82, 2.24) is 5.32 Å². The monoisotopic (exact) mass is 267 g/mol. The van der Waals surface area contributed by atoms with Crippen molar-refractivity contribution in [3.63, 3.8) is 0 Å². The van der Waals surface area contributed by atoms with E-state index in [0.29, 0.717) is 18.2 Å². The summed E-state index contributed by atoms with van der Waals surface area (Å²) < 4.78 is 11.2. The predicted molar refractivity (Wildman–Crippen MR) is 71.1 cm³/mol. The van der Waals surface area contributed by atoms with Crippen molar-refractivity contribution in [3.8, 4) is 5.75 Å². The first-order valence-corrected chi connectivity index (χ1v) is 6.85. The molecule has 3 nitrogen and oxygen atoms in total. The highest BCUT2D eigenvalue weighted by atomic mass is 35.5. The number of ether oxygens (including phenoxy) is 2. The predicted octanol–water partition coefficient (Wildman–Crippen LogP) is 2.76. The summed E-state index contributed by atoms with van der Waals surface area (Å²) in [7, 11) is 1.69. The minimum absolute atomic E-state index is 0.403. The van der Waals surface area contributed by atoms with Gasteiger partial charge in [0.2, 0.25) is 0 Å². The molecule has 2 aliphatic heterocycles. The molecule has 98 valence electrons. The van der Waals surface area contributed by atoms with E-state index in [2.05, 4.69) is 5.32 Å². The third-order valence-electron chi connectivity index (χ3n) is 3.90. The Balaban J connectivity index is 1.64. The van der Waals surface area contributed by atoms with E-state index in [9.17, 15) is 0 Å². The fraction of sp³-hybridized carbons (Fsp3) is 0.571. The van der Waals surface area contributed by atoms with Gasteiger partial charge in [0.15, 0.2) is 0 Å². The lowest BCUT2D eigenvalue weighted by molar-refractivity contribution is 0.0972. The second kappa shape index (κ2) is 5.08. The Morgan fingerprint density at radius 2 is 2.33 bits per heavy atom. The molecule has 0 aromatic heterocycles. The molecule has 0 amide bonds. The highest BCUT2D eigenvalue weighted by molar-refractivity contribution is 6.30. The molecule has 0 saturated carbocycles. The normalized spacial score (nSPS) is 29.8. The van der Waals surface area contributed by atoms with Gasteiger partial charge in [0.1, 0.15) is 5.75 Å². The molecule has 18 heavy (non-hydrogen) atoms. The van der Waals surface area contributed by atoms with Crippen molar-refractivity contribution in [3.05, 3.63) is 28.8 Å². The Kier molecular flexibility index (Phi) is 3.46. The van der Waals surface area contributed by atoms with Gasteiger partial charge in [0.25, 0.3) is 0 Å². The number of hydrogen-bond donors (Lipinski definition) is 1. The SMILES string of the molecule is COc1ccc(Cl)cc1CNC1CC2CCC1O2. The molecule has 0 aliphatic carbocycles. The Bertz CT molecular complexity index is 438. The minimum atomic E-state index is 0.403. The molecular weight excluding hydrogens is 250 g/mol. The minimum Gasteiger partial charge on any atom is -0.496 e. The van der Waals surface area contributed by atoms with Gasteiger partial charge in [-0.15, -0.1) is 0 Å². The molecular formula is C14H18ClNO2. The topological polar surface area (TPSA) is 30.5 Å².